The zero-order valence-electron chi connectivity index (χ0n) is 24.3. The minimum absolute atomic E-state index is 0.0410. The highest BCUT2D eigenvalue weighted by Crippen LogP contribution is 2.33. The number of H-pyrrole nitrogens is 2. The first-order valence-electron chi connectivity index (χ1n) is 14.0. The molecule has 0 fully saturated rings. The van der Waals surface area contributed by atoms with Gasteiger partial charge >= 0.3 is 0 Å². The molecule has 0 aliphatic rings. The lowest BCUT2D eigenvalue weighted by Crippen LogP contribution is -2.21. The second-order valence-corrected chi connectivity index (χ2v) is 13.0. The molecule has 6 rings (SSSR count). The van der Waals surface area contributed by atoms with Crippen LogP contribution in [0, 0.1) is 11.7 Å². The first kappa shape index (κ1) is 29.4. The number of aliphatic hydroxyl groups excluding tert-OH is 1. The molecule has 226 valence electrons. The fourth-order valence-electron chi connectivity index (χ4n) is 5.13. The van der Waals surface area contributed by atoms with Gasteiger partial charge in [0.2, 0.25) is 10.0 Å². The Kier molecular flexibility index (Phi) is 7.84. The van der Waals surface area contributed by atoms with Gasteiger partial charge in [-0.1, -0.05) is 19.9 Å². The molecule has 5 N–H and O–H groups in total. The average molecular weight is 615 g/mol. The molecule has 0 radical (unpaired) electrons. The van der Waals surface area contributed by atoms with E-state index in [0.29, 0.717) is 57.4 Å². The fourth-order valence-corrected chi connectivity index (χ4v) is 5.56. The summed E-state index contributed by atoms with van der Waals surface area (Å²) in [5, 5.41) is 21.8. The van der Waals surface area contributed by atoms with Gasteiger partial charge in [-0.05, 0) is 71.5 Å². The van der Waals surface area contributed by atoms with Gasteiger partial charge in [-0.3, -0.25) is 10.1 Å². The highest BCUT2D eigenvalue weighted by atomic mass is 32.2. The summed E-state index contributed by atoms with van der Waals surface area (Å²) in [6.07, 6.45) is 6.02. The van der Waals surface area contributed by atoms with Crippen molar-refractivity contribution < 1.29 is 17.9 Å². The molecule has 0 amide bonds. The van der Waals surface area contributed by atoms with Gasteiger partial charge in [0.05, 0.1) is 29.2 Å². The highest BCUT2D eigenvalue weighted by molar-refractivity contribution is 7.88. The summed E-state index contributed by atoms with van der Waals surface area (Å²) in [4.78, 5) is 16.8. The van der Waals surface area contributed by atoms with Crippen molar-refractivity contribution in [3.05, 3.63) is 78.5 Å². The van der Waals surface area contributed by atoms with Crippen molar-refractivity contribution in [3.63, 3.8) is 0 Å². The predicted molar refractivity (Wildman–Crippen MR) is 168 cm³/mol. The van der Waals surface area contributed by atoms with E-state index < -0.39 is 22.1 Å². The van der Waals surface area contributed by atoms with E-state index in [2.05, 4.69) is 49.0 Å². The first-order chi connectivity index (χ1) is 21.0. The van der Waals surface area contributed by atoms with E-state index in [4.69, 9.17) is 4.98 Å². The van der Waals surface area contributed by atoms with E-state index in [1.807, 2.05) is 24.3 Å². The molecule has 0 aliphatic carbocycles. The minimum Gasteiger partial charge on any atom is -0.374 e. The maximum Gasteiger partial charge on any atom is 0.209 e. The van der Waals surface area contributed by atoms with Crippen molar-refractivity contribution in [1.82, 2.24) is 34.9 Å². The molecule has 11 nitrogen and oxygen atoms in total. The average Bonchev–Trinajstić information content (AvgIpc) is 3.59. The number of anilines is 1. The lowest BCUT2D eigenvalue weighted by atomic mass is 10.0. The number of rotatable bonds is 10. The van der Waals surface area contributed by atoms with Gasteiger partial charge in [-0.25, -0.2) is 27.5 Å². The van der Waals surface area contributed by atoms with E-state index >= 15 is 0 Å². The van der Waals surface area contributed by atoms with Crippen LogP contribution in [0.25, 0.3) is 55.8 Å². The SMILES string of the molecule is CC(C)CC(O)Nc1cncc(-c2ccc3[nH]nc(-c4nc5nccc(-c6cc(F)cc(CNS(C)(=O)=O)c6)c5[nH]4)c3c2)c1. The van der Waals surface area contributed by atoms with Gasteiger partial charge in [-0.2, -0.15) is 5.10 Å². The lowest BCUT2D eigenvalue weighted by Gasteiger charge is -2.16. The van der Waals surface area contributed by atoms with Crippen LogP contribution in [0.4, 0.5) is 10.1 Å². The number of fused-ring (bicyclic) bond motifs is 2. The molecule has 0 aliphatic heterocycles. The topological polar surface area (TPSA) is 162 Å². The molecule has 0 bridgehead atoms. The van der Waals surface area contributed by atoms with Gasteiger partial charge < -0.3 is 15.4 Å². The second-order valence-electron chi connectivity index (χ2n) is 11.2. The van der Waals surface area contributed by atoms with Crippen LogP contribution in [0.5, 0.6) is 0 Å². The summed E-state index contributed by atoms with van der Waals surface area (Å²) >= 11 is 0. The molecule has 2 aromatic carbocycles. The van der Waals surface area contributed by atoms with Crippen molar-refractivity contribution in [1.29, 1.82) is 0 Å². The third-order valence-corrected chi connectivity index (χ3v) is 7.75. The number of halogens is 1. The summed E-state index contributed by atoms with van der Waals surface area (Å²) in [7, 11) is -3.44. The van der Waals surface area contributed by atoms with E-state index in [9.17, 15) is 17.9 Å². The van der Waals surface area contributed by atoms with E-state index in [0.717, 1.165) is 28.3 Å². The molecule has 0 spiro atoms. The van der Waals surface area contributed by atoms with Crippen LogP contribution < -0.4 is 10.0 Å². The number of nitrogens with zero attached hydrogens (tertiary/aromatic N) is 4. The number of sulfonamides is 1. The molecule has 44 heavy (non-hydrogen) atoms. The summed E-state index contributed by atoms with van der Waals surface area (Å²) in [5.41, 5.74) is 6.56. The summed E-state index contributed by atoms with van der Waals surface area (Å²) in [6, 6.07) is 14.0. The normalized spacial score (nSPS) is 12.8. The molecule has 1 unspecified atom stereocenters. The lowest BCUT2D eigenvalue weighted by molar-refractivity contribution is 0.176. The third-order valence-electron chi connectivity index (χ3n) is 7.09. The van der Waals surface area contributed by atoms with Gasteiger partial charge in [-0.15, -0.1) is 0 Å². The zero-order valence-corrected chi connectivity index (χ0v) is 25.1. The first-order valence-corrected chi connectivity index (χ1v) is 15.9. The van der Waals surface area contributed by atoms with Gasteiger partial charge in [0, 0.05) is 35.5 Å². The Balaban J connectivity index is 1.35. The van der Waals surface area contributed by atoms with Crippen molar-refractivity contribution in [2.45, 2.75) is 33.0 Å². The zero-order chi connectivity index (χ0) is 31.0. The number of nitrogens with one attached hydrogen (secondary N) is 4. The van der Waals surface area contributed by atoms with E-state index in [1.165, 1.54) is 12.1 Å². The van der Waals surface area contributed by atoms with Crippen LogP contribution in [0.3, 0.4) is 0 Å². The monoisotopic (exact) mass is 614 g/mol. The number of imidazole rings is 1. The Labute approximate surface area is 253 Å². The standard InChI is InChI=1S/C31H31FN8O3S/c1-17(2)8-27(41)36-23-12-21(15-33-16-23)19-4-5-26-25(13-19)29(40-39-26)31-37-28-24(6-7-34-30(28)38-31)20-9-18(10-22(32)11-20)14-35-44(3,42)43/h4-7,9-13,15-17,27,35-36,41H,8,14H2,1-3H3,(H,39,40)(H,34,37,38). The number of hydrogen-bond donors (Lipinski definition) is 5. The molecule has 1 atom stereocenters. The molecular formula is C31H31FN8O3S. The highest BCUT2D eigenvalue weighted by Gasteiger charge is 2.17. The van der Waals surface area contributed by atoms with Crippen molar-refractivity contribution in [3.8, 4) is 33.8 Å². The molecule has 0 saturated carbocycles. The number of aliphatic hydroxyl groups is 1. The van der Waals surface area contributed by atoms with Crippen LogP contribution in [0.15, 0.2) is 67.1 Å². The number of aromatic nitrogens is 6. The molecule has 6 aromatic rings. The van der Waals surface area contributed by atoms with Crippen molar-refractivity contribution >= 4 is 37.8 Å². The molecular weight excluding hydrogens is 583 g/mol. The van der Waals surface area contributed by atoms with Gasteiger partial charge in [0.25, 0.3) is 0 Å². The van der Waals surface area contributed by atoms with Crippen LogP contribution >= 0.6 is 0 Å². The number of pyridine rings is 2. The van der Waals surface area contributed by atoms with Gasteiger partial charge in [0.1, 0.15) is 17.7 Å². The Morgan fingerprint density at radius 2 is 1.86 bits per heavy atom. The third kappa shape index (κ3) is 6.44. The predicted octanol–water partition coefficient (Wildman–Crippen LogP) is 5.19. The van der Waals surface area contributed by atoms with Crippen LogP contribution in [-0.2, 0) is 16.6 Å². The van der Waals surface area contributed by atoms with Crippen molar-refractivity contribution in [2.24, 2.45) is 5.92 Å². The summed E-state index contributed by atoms with van der Waals surface area (Å²) < 4.78 is 40.1. The number of hydrogen-bond acceptors (Lipinski definition) is 8. The molecule has 4 heterocycles. The fraction of sp³-hybridized carbons (Fsp3) is 0.226. The summed E-state index contributed by atoms with van der Waals surface area (Å²) in [5.74, 6) is 0.325. The molecule has 13 heteroatoms. The van der Waals surface area contributed by atoms with Crippen LogP contribution in [-0.4, -0.2) is 56.1 Å². The Morgan fingerprint density at radius 1 is 1.02 bits per heavy atom. The van der Waals surface area contributed by atoms with Gasteiger partial charge in [0.15, 0.2) is 11.5 Å². The number of aromatic amines is 2. The van der Waals surface area contributed by atoms with E-state index in [1.54, 1.807) is 30.7 Å². The Morgan fingerprint density at radius 3 is 2.66 bits per heavy atom. The Bertz CT molecular complexity index is 2090. The largest absolute Gasteiger partial charge is 0.374 e. The Hall–Kier alpha value is -4.72. The van der Waals surface area contributed by atoms with Crippen LogP contribution in [0.1, 0.15) is 25.8 Å². The van der Waals surface area contributed by atoms with Crippen molar-refractivity contribution in [2.75, 3.05) is 11.6 Å². The van der Waals surface area contributed by atoms with Crippen LogP contribution in [0.2, 0.25) is 0 Å². The summed E-state index contributed by atoms with van der Waals surface area (Å²) in [6.45, 7) is 4.06. The smallest absolute Gasteiger partial charge is 0.209 e. The molecule has 4 aromatic heterocycles. The second kappa shape index (κ2) is 11.8. The van der Waals surface area contributed by atoms with E-state index in [-0.39, 0.29) is 6.54 Å². The minimum atomic E-state index is -3.44. The maximum absolute atomic E-state index is 14.6. The quantitative estimate of drug-likeness (QED) is 0.132. The maximum atomic E-state index is 14.6. The number of benzene rings is 2. The molecule has 0 saturated heterocycles.